The van der Waals surface area contributed by atoms with E-state index in [0.29, 0.717) is 13.1 Å². The van der Waals surface area contributed by atoms with E-state index in [-0.39, 0.29) is 5.91 Å². The van der Waals surface area contributed by atoms with Crippen LogP contribution < -0.4 is 0 Å². The van der Waals surface area contributed by atoms with Crippen LogP contribution in [-0.4, -0.2) is 60.1 Å². The second-order valence-corrected chi connectivity index (χ2v) is 4.40. The van der Waals surface area contributed by atoms with Gasteiger partial charge in [0.15, 0.2) is 0 Å². The molecule has 84 valence electrons. The molecule has 4 heteroatoms. The lowest BCUT2D eigenvalue weighted by Crippen LogP contribution is -2.43. The predicted octanol–water partition coefficient (Wildman–Crippen LogP) is 0.167. The Hall–Kier alpha value is -0.610. The molecule has 0 aliphatic carbocycles. The zero-order valence-electron chi connectivity index (χ0n) is 9.87. The van der Waals surface area contributed by atoms with E-state index in [2.05, 4.69) is 0 Å². The van der Waals surface area contributed by atoms with E-state index in [1.165, 1.54) is 0 Å². The maximum atomic E-state index is 11.4. The third-order valence-corrected chi connectivity index (χ3v) is 1.92. The highest BCUT2D eigenvalue weighted by Gasteiger charge is 2.19. The Labute approximate surface area is 86.5 Å². The smallest absolute Gasteiger partial charge is 0.236 e. The zero-order valence-corrected chi connectivity index (χ0v) is 9.87. The van der Waals surface area contributed by atoms with E-state index in [1.54, 1.807) is 32.8 Å². The van der Waals surface area contributed by atoms with Gasteiger partial charge in [-0.2, -0.15) is 0 Å². The van der Waals surface area contributed by atoms with Crippen molar-refractivity contribution in [2.75, 3.05) is 33.7 Å². The Balaban J connectivity index is 4.10. The maximum absolute atomic E-state index is 11.4. The molecule has 0 saturated heterocycles. The van der Waals surface area contributed by atoms with Gasteiger partial charge in [0.05, 0.1) is 12.1 Å². The number of carbonyl (C=O) groups is 1. The normalized spacial score (nSPS) is 11.9. The van der Waals surface area contributed by atoms with Gasteiger partial charge in [0.25, 0.3) is 0 Å². The predicted molar refractivity (Wildman–Crippen MR) is 57.1 cm³/mol. The van der Waals surface area contributed by atoms with Gasteiger partial charge in [-0.1, -0.05) is 6.92 Å². The minimum atomic E-state index is -0.747. The average Bonchev–Trinajstić information content (AvgIpc) is 2.00. The molecule has 0 aromatic heterocycles. The summed E-state index contributed by atoms with van der Waals surface area (Å²) in [6.07, 6.45) is 0. The number of aliphatic hydroxyl groups is 1. The summed E-state index contributed by atoms with van der Waals surface area (Å²) < 4.78 is 0. The Morgan fingerprint density at radius 2 is 1.86 bits per heavy atom. The first-order valence-electron chi connectivity index (χ1n) is 4.91. The molecule has 0 saturated carbocycles. The van der Waals surface area contributed by atoms with Gasteiger partial charge >= 0.3 is 0 Å². The highest BCUT2D eigenvalue weighted by Crippen LogP contribution is 2.04. The summed E-state index contributed by atoms with van der Waals surface area (Å²) in [6, 6.07) is 0. The number of amides is 1. The third-order valence-electron chi connectivity index (χ3n) is 1.92. The van der Waals surface area contributed by atoms with Crippen molar-refractivity contribution in [2.24, 2.45) is 0 Å². The Bertz CT molecular complexity index is 185. The van der Waals surface area contributed by atoms with Gasteiger partial charge in [0.2, 0.25) is 5.91 Å². The van der Waals surface area contributed by atoms with E-state index in [0.717, 1.165) is 6.54 Å². The summed E-state index contributed by atoms with van der Waals surface area (Å²) in [5, 5.41) is 9.60. The lowest BCUT2D eigenvalue weighted by molar-refractivity contribution is -0.130. The maximum Gasteiger partial charge on any atom is 0.236 e. The van der Waals surface area contributed by atoms with E-state index in [9.17, 15) is 9.90 Å². The molecule has 0 bridgehead atoms. The van der Waals surface area contributed by atoms with Gasteiger partial charge < -0.3 is 10.0 Å². The zero-order chi connectivity index (χ0) is 11.4. The van der Waals surface area contributed by atoms with E-state index < -0.39 is 5.60 Å². The van der Waals surface area contributed by atoms with Crippen molar-refractivity contribution in [1.82, 2.24) is 9.80 Å². The molecule has 1 amide bonds. The molecular formula is C10H22N2O2. The van der Waals surface area contributed by atoms with Crippen molar-refractivity contribution >= 4 is 5.91 Å². The Kier molecular flexibility index (Phi) is 5.08. The first-order valence-corrected chi connectivity index (χ1v) is 4.91. The highest BCUT2D eigenvalue weighted by molar-refractivity contribution is 5.77. The molecule has 0 fully saturated rings. The van der Waals surface area contributed by atoms with Crippen molar-refractivity contribution in [2.45, 2.75) is 26.4 Å². The number of likely N-dealkylation sites (N-methyl/N-ethyl adjacent to an activating group) is 2. The summed E-state index contributed by atoms with van der Waals surface area (Å²) in [7, 11) is 3.47. The van der Waals surface area contributed by atoms with Crippen LogP contribution in [-0.2, 0) is 4.79 Å². The fourth-order valence-corrected chi connectivity index (χ4v) is 1.16. The van der Waals surface area contributed by atoms with Crippen LogP contribution in [0.15, 0.2) is 0 Å². The van der Waals surface area contributed by atoms with E-state index in [4.69, 9.17) is 0 Å². The molecular weight excluding hydrogens is 180 g/mol. The van der Waals surface area contributed by atoms with Crippen LogP contribution in [0.4, 0.5) is 0 Å². The minimum Gasteiger partial charge on any atom is -0.389 e. The molecule has 0 radical (unpaired) electrons. The summed E-state index contributed by atoms with van der Waals surface area (Å²) >= 11 is 0. The summed E-state index contributed by atoms with van der Waals surface area (Å²) in [6.45, 7) is 7.13. The number of nitrogens with zero attached hydrogens (tertiary/aromatic N) is 2. The number of carbonyl (C=O) groups excluding carboxylic acids is 1. The van der Waals surface area contributed by atoms with Crippen molar-refractivity contribution in [1.29, 1.82) is 0 Å². The van der Waals surface area contributed by atoms with Gasteiger partial charge in [-0.15, -0.1) is 0 Å². The fraction of sp³-hybridized carbons (Fsp3) is 0.900. The fourth-order valence-electron chi connectivity index (χ4n) is 1.16. The quantitative estimate of drug-likeness (QED) is 0.691. The van der Waals surface area contributed by atoms with Gasteiger partial charge in [-0.3, -0.25) is 9.69 Å². The molecule has 0 aliphatic rings. The SMILES string of the molecule is CCN(CC(=O)N(C)C)CC(C)(C)O. The van der Waals surface area contributed by atoms with E-state index in [1.807, 2.05) is 11.8 Å². The molecule has 0 heterocycles. The standard InChI is InChI=1S/C10H22N2O2/c1-6-12(8-10(2,3)14)7-9(13)11(4)5/h14H,6-8H2,1-5H3. The Morgan fingerprint density at radius 1 is 1.36 bits per heavy atom. The van der Waals surface area contributed by atoms with Crippen molar-refractivity contribution in [3.63, 3.8) is 0 Å². The van der Waals surface area contributed by atoms with Crippen molar-refractivity contribution < 1.29 is 9.90 Å². The molecule has 0 aromatic rings. The number of rotatable bonds is 5. The van der Waals surface area contributed by atoms with Crippen LogP contribution in [0.25, 0.3) is 0 Å². The van der Waals surface area contributed by atoms with Crippen LogP contribution >= 0.6 is 0 Å². The summed E-state index contributed by atoms with van der Waals surface area (Å²) in [5.74, 6) is 0.0658. The molecule has 14 heavy (non-hydrogen) atoms. The molecule has 4 nitrogen and oxygen atoms in total. The van der Waals surface area contributed by atoms with E-state index >= 15 is 0 Å². The molecule has 0 unspecified atom stereocenters. The van der Waals surface area contributed by atoms with Crippen LogP contribution in [0.1, 0.15) is 20.8 Å². The van der Waals surface area contributed by atoms with Crippen molar-refractivity contribution in [3.05, 3.63) is 0 Å². The highest BCUT2D eigenvalue weighted by atomic mass is 16.3. The van der Waals surface area contributed by atoms with Gasteiger partial charge in [-0.25, -0.2) is 0 Å². The molecule has 0 aromatic carbocycles. The largest absolute Gasteiger partial charge is 0.389 e. The average molecular weight is 202 g/mol. The van der Waals surface area contributed by atoms with Gasteiger partial charge in [-0.05, 0) is 20.4 Å². The Morgan fingerprint density at radius 3 is 2.14 bits per heavy atom. The minimum absolute atomic E-state index is 0.0658. The first kappa shape index (κ1) is 13.4. The number of hydrogen-bond acceptors (Lipinski definition) is 3. The topological polar surface area (TPSA) is 43.8 Å². The van der Waals surface area contributed by atoms with Crippen LogP contribution in [0.2, 0.25) is 0 Å². The second kappa shape index (κ2) is 5.32. The van der Waals surface area contributed by atoms with Gasteiger partial charge in [0, 0.05) is 20.6 Å². The van der Waals surface area contributed by atoms with Crippen LogP contribution in [0, 0.1) is 0 Å². The van der Waals surface area contributed by atoms with Crippen molar-refractivity contribution in [3.8, 4) is 0 Å². The lowest BCUT2D eigenvalue weighted by atomic mass is 10.1. The van der Waals surface area contributed by atoms with Gasteiger partial charge in [0.1, 0.15) is 0 Å². The molecule has 1 N–H and O–H groups in total. The molecule has 0 atom stereocenters. The summed E-state index contributed by atoms with van der Waals surface area (Å²) in [4.78, 5) is 14.9. The third kappa shape index (κ3) is 5.94. The second-order valence-electron chi connectivity index (χ2n) is 4.40. The molecule has 0 aliphatic heterocycles. The van der Waals surface area contributed by atoms with Crippen LogP contribution in [0.3, 0.4) is 0 Å². The molecule has 0 rings (SSSR count). The molecule has 0 spiro atoms. The first-order chi connectivity index (χ1) is 6.26. The van der Waals surface area contributed by atoms with Crippen LogP contribution in [0.5, 0.6) is 0 Å². The summed E-state index contributed by atoms with van der Waals surface area (Å²) in [5.41, 5.74) is -0.747. The number of hydrogen-bond donors (Lipinski definition) is 1. The lowest BCUT2D eigenvalue weighted by Gasteiger charge is -2.28. The monoisotopic (exact) mass is 202 g/mol.